The molecule has 0 aliphatic rings. The summed E-state index contributed by atoms with van der Waals surface area (Å²) < 4.78 is 6.64. The van der Waals surface area contributed by atoms with Crippen molar-refractivity contribution in [3.05, 3.63) is 224 Å². The molecule has 0 saturated heterocycles. The smallest absolute Gasteiger partial charge is 0.136 e. The van der Waals surface area contributed by atoms with E-state index in [-0.39, 0.29) is 0 Å². The summed E-state index contributed by atoms with van der Waals surface area (Å²) in [6, 6.07) is 81.3. The Kier molecular flexibility index (Phi) is 7.89. The minimum Gasteiger partial charge on any atom is -0.456 e. The topological polar surface area (TPSA) is 16.4 Å². The molecule has 0 spiro atoms. The van der Waals surface area contributed by atoms with Crippen LogP contribution in [0.4, 0.5) is 17.1 Å². The number of fused-ring (bicyclic) bond motifs is 9. The number of nitrogens with zero attached hydrogens (tertiary/aromatic N) is 1. The first-order valence-electron chi connectivity index (χ1n) is 20.6. The van der Waals surface area contributed by atoms with Crippen LogP contribution in [0.5, 0.6) is 0 Å². The minimum absolute atomic E-state index is 0.866. The molecule has 0 amide bonds. The summed E-state index contributed by atoms with van der Waals surface area (Å²) in [5.74, 6) is 0. The zero-order valence-corrected chi connectivity index (χ0v) is 32.7. The quantitative estimate of drug-likeness (QED) is 0.157. The van der Waals surface area contributed by atoms with E-state index in [1.807, 2.05) is 0 Å². The summed E-state index contributed by atoms with van der Waals surface area (Å²) in [5.41, 5.74) is 12.0. The van der Waals surface area contributed by atoms with E-state index in [0.29, 0.717) is 0 Å². The van der Waals surface area contributed by atoms with Crippen LogP contribution in [0.3, 0.4) is 0 Å². The Labute approximate surface area is 347 Å². The number of rotatable bonds is 6. The lowest BCUT2D eigenvalue weighted by Crippen LogP contribution is -2.11. The van der Waals surface area contributed by atoms with Gasteiger partial charge in [0.25, 0.3) is 0 Å². The van der Waals surface area contributed by atoms with Crippen LogP contribution >= 0.6 is 0 Å². The SMILES string of the molecule is c1ccc(-c2ccc(N(c3ccc(-c4cc5ccccc5c5ccccc45)cc3)c3ccc4oc5ccccc5c4c3-c3cc4ccccc4c4ccccc34)cc2)cc1. The van der Waals surface area contributed by atoms with Crippen molar-refractivity contribution in [1.82, 2.24) is 0 Å². The molecular formula is C58H37NO. The lowest BCUT2D eigenvalue weighted by atomic mass is 9.89. The van der Waals surface area contributed by atoms with E-state index in [1.54, 1.807) is 0 Å². The Morgan fingerprint density at radius 2 is 0.767 bits per heavy atom. The predicted octanol–water partition coefficient (Wildman–Crippen LogP) is 16.7. The average molecular weight is 764 g/mol. The molecule has 2 heteroatoms. The standard InChI is InChI=1S/C58H37NO/c1-2-14-38(15-3-1)39-26-30-43(31-27-39)59(44-32-28-40(29-33-44)52-36-41-16-4-6-18-45(41)47-20-8-10-22-49(47)52)54-34-35-56-58(51-24-12-13-25-55(51)60-56)57(54)53-37-42-17-5-7-19-46(42)48-21-9-11-23-50(48)53/h1-37H. The molecule has 0 N–H and O–H groups in total. The number of para-hydroxylation sites is 1. The Morgan fingerprint density at radius 3 is 1.40 bits per heavy atom. The molecule has 12 rings (SSSR count). The number of furan rings is 1. The zero-order chi connectivity index (χ0) is 39.6. The van der Waals surface area contributed by atoms with Crippen LogP contribution in [-0.4, -0.2) is 0 Å². The summed E-state index contributed by atoms with van der Waals surface area (Å²) in [6.45, 7) is 0. The van der Waals surface area contributed by atoms with Gasteiger partial charge >= 0.3 is 0 Å². The van der Waals surface area contributed by atoms with Gasteiger partial charge in [-0.1, -0.05) is 170 Å². The summed E-state index contributed by atoms with van der Waals surface area (Å²) >= 11 is 0. The fraction of sp³-hybridized carbons (Fsp3) is 0. The summed E-state index contributed by atoms with van der Waals surface area (Å²) in [5, 5.41) is 12.1. The van der Waals surface area contributed by atoms with Crippen LogP contribution in [0.25, 0.3) is 98.4 Å². The van der Waals surface area contributed by atoms with Gasteiger partial charge in [0.15, 0.2) is 0 Å². The number of anilines is 3. The minimum atomic E-state index is 0.866. The van der Waals surface area contributed by atoms with Gasteiger partial charge in [-0.3, -0.25) is 0 Å². The van der Waals surface area contributed by atoms with Crippen molar-refractivity contribution in [2.24, 2.45) is 0 Å². The maximum absolute atomic E-state index is 6.64. The van der Waals surface area contributed by atoms with Gasteiger partial charge in [0.2, 0.25) is 0 Å². The van der Waals surface area contributed by atoms with Gasteiger partial charge in [-0.15, -0.1) is 0 Å². The molecule has 0 saturated carbocycles. The molecule has 0 radical (unpaired) electrons. The highest BCUT2D eigenvalue weighted by molar-refractivity contribution is 6.23. The first-order chi connectivity index (χ1) is 29.8. The molecule has 11 aromatic carbocycles. The van der Waals surface area contributed by atoms with Gasteiger partial charge in [-0.25, -0.2) is 0 Å². The van der Waals surface area contributed by atoms with E-state index in [1.165, 1.54) is 70.9 Å². The van der Waals surface area contributed by atoms with Gasteiger partial charge in [0.05, 0.1) is 5.69 Å². The van der Waals surface area contributed by atoms with E-state index in [9.17, 15) is 0 Å². The zero-order valence-electron chi connectivity index (χ0n) is 32.7. The molecule has 0 aliphatic heterocycles. The highest BCUT2D eigenvalue weighted by atomic mass is 16.3. The van der Waals surface area contributed by atoms with Crippen molar-refractivity contribution in [1.29, 1.82) is 0 Å². The fourth-order valence-corrected chi connectivity index (χ4v) is 9.47. The molecule has 0 atom stereocenters. The van der Waals surface area contributed by atoms with Crippen molar-refractivity contribution < 1.29 is 4.42 Å². The Balaban J connectivity index is 1.13. The number of benzene rings is 11. The predicted molar refractivity (Wildman–Crippen MR) is 255 cm³/mol. The molecular weight excluding hydrogens is 727 g/mol. The highest BCUT2D eigenvalue weighted by Gasteiger charge is 2.25. The maximum Gasteiger partial charge on any atom is 0.136 e. The lowest BCUT2D eigenvalue weighted by Gasteiger charge is -2.29. The molecule has 12 aromatic rings. The molecule has 1 heterocycles. The first kappa shape index (κ1) is 34.1. The lowest BCUT2D eigenvalue weighted by molar-refractivity contribution is 0.669. The summed E-state index contributed by atoms with van der Waals surface area (Å²) in [7, 11) is 0. The molecule has 1 aromatic heterocycles. The van der Waals surface area contributed by atoms with E-state index in [0.717, 1.165) is 44.6 Å². The normalized spacial score (nSPS) is 11.7. The largest absolute Gasteiger partial charge is 0.456 e. The van der Waals surface area contributed by atoms with Gasteiger partial charge in [0.1, 0.15) is 11.2 Å². The van der Waals surface area contributed by atoms with Crippen LogP contribution in [-0.2, 0) is 0 Å². The van der Waals surface area contributed by atoms with Crippen molar-refractivity contribution in [3.8, 4) is 33.4 Å². The van der Waals surface area contributed by atoms with Crippen LogP contribution in [0, 0.1) is 0 Å². The van der Waals surface area contributed by atoms with Gasteiger partial charge in [0, 0.05) is 27.7 Å². The van der Waals surface area contributed by atoms with E-state index in [2.05, 4.69) is 229 Å². The molecule has 0 unspecified atom stereocenters. The van der Waals surface area contributed by atoms with E-state index in [4.69, 9.17) is 4.42 Å². The molecule has 280 valence electrons. The number of hydrogen-bond acceptors (Lipinski definition) is 2. The molecule has 0 aliphatic carbocycles. The van der Waals surface area contributed by atoms with Crippen LogP contribution < -0.4 is 4.90 Å². The van der Waals surface area contributed by atoms with Crippen molar-refractivity contribution in [3.63, 3.8) is 0 Å². The van der Waals surface area contributed by atoms with Crippen molar-refractivity contribution >= 4 is 82.1 Å². The van der Waals surface area contributed by atoms with E-state index >= 15 is 0 Å². The molecule has 0 bridgehead atoms. The van der Waals surface area contributed by atoms with Crippen LogP contribution in [0.1, 0.15) is 0 Å². The Bertz CT molecular complexity index is 3580. The van der Waals surface area contributed by atoms with Crippen molar-refractivity contribution in [2.75, 3.05) is 4.90 Å². The third-order valence-corrected chi connectivity index (χ3v) is 12.2. The second-order valence-electron chi connectivity index (χ2n) is 15.6. The molecule has 60 heavy (non-hydrogen) atoms. The van der Waals surface area contributed by atoms with E-state index < -0.39 is 0 Å². The Hall–Kier alpha value is -7.94. The molecule has 0 fully saturated rings. The van der Waals surface area contributed by atoms with Gasteiger partial charge in [-0.05, 0) is 126 Å². The second-order valence-corrected chi connectivity index (χ2v) is 15.6. The van der Waals surface area contributed by atoms with Crippen LogP contribution in [0.2, 0.25) is 0 Å². The van der Waals surface area contributed by atoms with Crippen molar-refractivity contribution in [2.45, 2.75) is 0 Å². The third-order valence-electron chi connectivity index (χ3n) is 12.2. The van der Waals surface area contributed by atoms with Gasteiger partial charge < -0.3 is 9.32 Å². The fourth-order valence-electron chi connectivity index (χ4n) is 9.47. The van der Waals surface area contributed by atoms with Crippen LogP contribution in [0.15, 0.2) is 229 Å². The first-order valence-corrected chi connectivity index (χ1v) is 20.6. The van der Waals surface area contributed by atoms with Gasteiger partial charge in [-0.2, -0.15) is 0 Å². The molecule has 2 nitrogen and oxygen atoms in total. The Morgan fingerprint density at radius 1 is 0.300 bits per heavy atom. The number of hydrogen-bond donors (Lipinski definition) is 0. The second kappa shape index (κ2) is 13.9. The summed E-state index contributed by atoms with van der Waals surface area (Å²) in [4.78, 5) is 2.43. The highest BCUT2D eigenvalue weighted by Crippen LogP contribution is 2.50. The summed E-state index contributed by atoms with van der Waals surface area (Å²) in [6.07, 6.45) is 0. The third kappa shape index (κ3) is 5.50. The average Bonchev–Trinajstić information content (AvgIpc) is 3.71. The monoisotopic (exact) mass is 763 g/mol. The maximum atomic E-state index is 6.64.